The molecule has 1 aromatic carbocycles. The fraction of sp³-hybridized carbons (Fsp3) is 0.588. The van der Waals surface area contributed by atoms with Crippen LogP contribution in [-0.2, 0) is 27.3 Å². The Hall–Kier alpha value is -1.35. The molecule has 1 fully saturated rings. The van der Waals surface area contributed by atoms with Crippen molar-refractivity contribution in [2.24, 2.45) is 5.92 Å². The van der Waals surface area contributed by atoms with Crippen LogP contribution < -0.4 is 0 Å². The van der Waals surface area contributed by atoms with Crippen LogP contribution in [0.25, 0.3) is 0 Å². The summed E-state index contributed by atoms with van der Waals surface area (Å²) >= 11 is 0. The van der Waals surface area contributed by atoms with Crippen LogP contribution in [0.4, 0.5) is 0 Å². The maximum absolute atomic E-state index is 11.4. The second-order valence-electron chi connectivity index (χ2n) is 5.73. The lowest BCUT2D eigenvalue weighted by Gasteiger charge is -2.27. The summed E-state index contributed by atoms with van der Waals surface area (Å²) in [6, 6.07) is 7.94. The molecular weight excluding hydrogens is 252 g/mol. The lowest BCUT2D eigenvalue weighted by atomic mass is 9.89. The van der Waals surface area contributed by atoms with Crippen LogP contribution in [0, 0.1) is 5.92 Å². The second-order valence-corrected chi connectivity index (χ2v) is 5.73. The number of benzene rings is 1. The molecule has 3 nitrogen and oxygen atoms in total. The normalized spacial score (nSPS) is 22.5. The predicted octanol–water partition coefficient (Wildman–Crippen LogP) is 3.50. The van der Waals surface area contributed by atoms with Gasteiger partial charge in [-0.05, 0) is 29.9 Å². The molecular formula is C17H24O3. The summed E-state index contributed by atoms with van der Waals surface area (Å²) in [5.41, 5.74) is 2.10. The van der Waals surface area contributed by atoms with E-state index in [0.717, 1.165) is 29.9 Å². The first-order chi connectivity index (χ1) is 9.69. The van der Waals surface area contributed by atoms with E-state index in [0.29, 0.717) is 19.1 Å². The SMILES string of the molecule is COC(=O)Cc1ccccc1COC1CCCC(C)C1. The van der Waals surface area contributed by atoms with Crippen molar-refractivity contribution >= 4 is 5.97 Å². The van der Waals surface area contributed by atoms with Crippen molar-refractivity contribution in [3.63, 3.8) is 0 Å². The van der Waals surface area contributed by atoms with Gasteiger partial charge in [-0.2, -0.15) is 0 Å². The minimum atomic E-state index is -0.205. The van der Waals surface area contributed by atoms with Gasteiger partial charge in [-0.25, -0.2) is 0 Å². The van der Waals surface area contributed by atoms with Gasteiger partial charge in [0.15, 0.2) is 0 Å². The number of carbonyl (C=O) groups is 1. The van der Waals surface area contributed by atoms with E-state index in [4.69, 9.17) is 9.47 Å². The zero-order chi connectivity index (χ0) is 14.4. The average molecular weight is 276 g/mol. The highest BCUT2D eigenvalue weighted by Crippen LogP contribution is 2.26. The van der Waals surface area contributed by atoms with E-state index in [1.165, 1.54) is 20.0 Å². The Labute approximate surface area is 121 Å². The Morgan fingerprint density at radius 3 is 2.70 bits per heavy atom. The molecule has 2 atom stereocenters. The topological polar surface area (TPSA) is 35.5 Å². The van der Waals surface area contributed by atoms with Crippen LogP contribution in [-0.4, -0.2) is 19.2 Å². The van der Waals surface area contributed by atoms with Gasteiger partial charge in [0.05, 0.1) is 26.2 Å². The average Bonchev–Trinajstić information content (AvgIpc) is 2.46. The molecule has 110 valence electrons. The first kappa shape index (κ1) is 15.0. The largest absolute Gasteiger partial charge is 0.469 e. The summed E-state index contributed by atoms with van der Waals surface area (Å²) in [7, 11) is 1.42. The minimum absolute atomic E-state index is 0.205. The summed E-state index contributed by atoms with van der Waals surface area (Å²) in [4.78, 5) is 11.4. The number of carbonyl (C=O) groups excluding carboxylic acids is 1. The first-order valence-electron chi connectivity index (χ1n) is 7.44. The standard InChI is InChI=1S/C17H24O3/c1-13-6-5-9-16(10-13)20-12-15-8-4-3-7-14(15)11-17(18)19-2/h3-4,7-8,13,16H,5-6,9-12H2,1-2H3. The monoisotopic (exact) mass is 276 g/mol. The first-order valence-corrected chi connectivity index (χ1v) is 7.44. The highest BCUT2D eigenvalue weighted by molar-refractivity contribution is 5.72. The van der Waals surface area contributed by atoms with Crippen LogP contribution in [0.15, 0.2) is 24.3 Å². The quantitative estimate of drug-likeness (QED) is 0.772. The summed E-state index contributed by atoms with van der Waals surface area (Å²) in [6.45, 7) is 2.88. The molecule has 2 unspecified atom stereocenters. The van der Waals surface area contributed by atoms with Crippen molar-refractivity contribution in [1.29, 1.82) is 0 Å². The van der Waals surface area contributed by atoms with Crippen LogP contribution in [0.2, 0.25) is 0 Å². The van der Waals surface area contributed by atoms with Gasteiger partial charge >= 0.3 is 5.97 Å². The Balaban J connectivity index is 1.93. The minimum Gasteiger partial charge on any atom is -0.469 e. The van der Waals surface area contributed by atoms with Crippen molar-refractivity contribution in [2.75, 3.05) is 7.11 Å². The van der Waals surface area contributed by atoms with Gasteiger partial charge in [-0.3, -0.25) is 4.79 Å². The molecule has 1 saturated carbocycles. The van der Waals surface area contributed by atoms with Crippen molar-refractivity contribution in [1.82, 2.24) is 0 Å². The van der Waals surface area contributed by atoms with Crippen LogP contribution in [0.3, 0.4) is 0 Å². The van der Waals surface area contributed by atoms with Crippen molar-refractivity contribution < 1.29 is 14.3 Å². The van der Waals surface area contributed by atoms with E-state index >= 15 is 0 Å². The molecule has 0 saturated heterocycles. The number of ether oxygens (including phenoxy) is 2. The number of rotatable bonds is 5. The third kappa shape index (κ3) is 4.34. The molecule has 2 rings (SSSR count). The number of esters is 1. The van der Waals surface area contributed by atoms with Crippen LogP contribution >= 0.6 is 0 Å². The smallest absolute Gasteiger partial charge is 0.309 e. The molecule has 0 aromatic heterocycles. The van der Waals surface area contributed by atoms with Gasteiger partial charge in [0.2, 0.25) is 0 Å². The zero-order valence-electron chi connectivity index (χ0n) is 12.4. The highest BCUT2D eigenvalue weighted by atomic mass is 16.5. The molecule has 1 aliphatic rings. The van der Waals surface area contributed by atoms with Gasteiger partial charge in [-0.1, -0.05) is 44.0 Å². The molecule has 1 aromatic rings. The van der Waals surface area contributed by atoms with E-state index in [9.17, 15) is 4.79 Å². The van der Waals surface area contributed by atoms with E-state index < -0.39 is 0 Å². The molecule has 0 spiro atoms. The molecule has 0 radical (unpaired) electrons. The fourth-order valence-corrected chi connectivity index (χ4v) is 2.84. The molecule has 0 heterocycles. The molecule has 0 aliphatic heterocycles. The molecule has 20 heavy (non-hydrogen) atoms. The maximum atomic E-state index is 11.4. The lowest BCUT2D eigenvalue weighted by molar-refractivity contribution is -0.139. The molecule has 0 amide bonds. The molecule has 1 aliphatic carbocycles. The Kier molecular flexibility index (Phi) is 5.60. The van der Waals surface area contributed by atoms with Crippen molar-refractivity contribution in [2.45, 2.75) is 51.7 Å². The summed E-state index contributed by atoms with van der Waals surface area (Å²) in [5, 5.41) is 0. The van der Waals surface area contributed by atoms with E-state index in [1.54, 1.807) is 0 Å². The third-order valence-corrected chi connectivity index (χ3v) is 4.04. The van der Waals surface area contributed by atoms with E-state index in [2.05, 4.69) is 6.92 Å². The number of hydrogen-bond acceptors (Lipinski definition) is 3. The van der Waals surface area contributed by atoms with Gasteiger partial charge in [0.25, 0.3) is 0 Å². The van der Waals surface area contributed by atoms with E-state index in [-0.39, 0.29) is 5.97 Å². The Morgan fingerprint density at radius 1 is 1.25 bits per heavy atom. The molecule has 3 heteroatoms. The molecule has 0 N–H and O–H groups in total. The Bertz CT molecular complexity index is 442. The van der Waals surface area contributed by atoms with Gasteiger partial charge in [0.1, 0.15) is 0 Å². The number of hydrogen-bond donors (Lipinski definition) is 0. The number of methoxy groups -OCH3 is 1. The van der Waals surface area contributed by atoms with E-state index in [1.807, 2.05) is 24.3 Å². The van der Waals surface area contributed by atoms with Gasteiger partial charge < -0.3 is 9.47 Å². The fourth-order valence-electron chi connectivity index (χ4n) is 2.84. The summed E-state index contributed by atoms with van der Waals surface area (Å²) in [5.74, 6) is 0.558. The highest BCUT2D eigenvalue weighted by Gasteiger charge is 2.19. The van der Waals surface area contributed by atoms with Gasteiger partial charge in [-0.15, -0.1) is 0 Å². The van der Waals surface area contributed by atoms with Crippen LogP contribution in [0.1, 0.15) is 43.7 Å². The molecule has 0 bridgehead atoms. The summed E-state index contributed by atoms with van der Waals surface area (Å²) in [6.07, 6.45) is 5.57. The third-order valence-electron chi connectivity index (χ3n) is 4.04. The van der Waals surface area contributed by atoms with Crippen molar-refractivity contribution in [3.8, 4) is 0 Å². The lowest BCUT2D eigenvalue weighted by Crippen LogP contribution is -2.21. The maximum Gasteiger partial charge on any atom is 0.309 e. The predicted molar refractivity (Wildman–Crippen MR) is 78.4 cm³/mol. The second kappa shape index (κ2) is 7.44. The zero-order valence-corrected chi connectivity index (χ0v) is 12.4. The Morgan fingerprint density at radius 2 is 2.00 bits per heavy atom. The van der Waals surface area contributed by atoms with Crippen molar-refractivity contribution in [3.05, 3.63) is 35.4 Å². The summed E-state index contributed by atoms with van der Waals surface area (Å²) < 4.78 is 10.8. The van der Waals surface area contributed by atoms with Crippen LogP contribution in [0.5, 0.6) is 0 Å². The van der Waals surface area contributed by atoms with Gasteiger partial charge in [0, 0.05) is 0 Å².